The van der Waals surface area contributed by atoms with Crippen molar-refractivity contribution in [2.75, 3.05) is 14.2 Å². The Morgan fingerprint density at radius 2 is 1.79 bits per heavy atom. The molecule has 4 rings (SSSR count). The van der Waals surface area contributed by atoms with Gasteiger partial charge in [-0.05, 0) is 26.0 Å². The fraction of sp³-hybridized carbons (Fsp3) is 0.227. The summed E-state index contributed by atoms with van der Waals surface area (Å²) in [4.78, 5) is 24.1. The van der Waals surface area contributed by atoms with Gasteiger partial charge in [-0.1, -0.05) is 11.6 Å². The molecule has 11 heteroatoms. The lowest BCUT2D eigenvalue weighted by atomic mass is 10.2. The summed E-state index contributed by atoms with van der Waals surface area (Å²) in [6.07, 6.45) is 0. The zero-order valence-corrected chi connectivity index (χ0v) is 18.9. The smallest absolute Gasteiger partial charge is 0.332 e. The van der Waals surface area contributed by atoms with Crippen LogP contribution >= 0.6 is 11.6 Å². The lowest BCUT2D eigenvalue weighted by molar-refractivity contribution is 0.270. The van der Waals surface area contributed by atoms with Crippen LogP contribution in [0.1, 0.15) is 17.1 Å². The van der Waals surface area contributed by atoms with Crippen LogP contribution in [-0.2, 0) is 6.61 Å². The zero-order valence-electron chi connectivity index (χ0n) is 18.1. The molecular formula is C22H19ClF2N4O4. The number of halogens is 3. The molecule has 0 unspecified atom stereocenters. The Morgan fingerprint density at radius 3 is 2.48 bits per heavy atom. The van der Waals surface area contributed by atoms with Crippen LogP contribution in [0, 0.1) is 25.5 Å². The maximum atomic E-state index is 14.4. The summed E-state index contributed by atoms with van der Waals surface area (Å²) in [5, 5.41) is 0.186. The molecule has 0 aliphatic heterocycles. The number of hydrogen-bond acceptors (Lipinski definition) is 6. The van der Waals surface area contributed by atoms with Gasteiger partial charge < -0.3 is 19.2 Å². The highest BCUT2D eigenvalue weighted by Crippen LogP contribution is 2.37. The van der Waals surface area contributed by atoms with Crippen LogP contribution < -0.4 is 19.9 Å². The molecule has 0 aliphatic rings. The number of methoxy groups -OCH3 is 2. The molecule has 2 aromatic heterocycles. The second-order valence-electron chi connectivity index (χ2n) is 7.11. The van der Waals surface area contributed by atoms with E-state index in [0.29, 0.717) is 22.7 Å². The molecule has 1 N–H and O–H groups in total. The molecule has 8 nitrogen and oxygen atoms in total. The number of nitrogens with zero attached hydrogens (tertiary/aromatic N) is 3. The molecule has 2 heterocycles. The van der Waals surface area contributed by atoms with Crippen LogP contribution in [0.25, 0.3) is 16.9 Å². The first kappa shape index (κ1) is 22.5. The molecule has 33 heavy (non-hydrogen) atoms. The van der Waals surface area contributed by atoms with Crippen molar-refractivity contribution in [1.82, 2.24) is 19.5 Å². The Kier molecular flexibility index (Phi) is 5.94. The first-order chi connectivity index (χ1) is 15.7. The van der Waals surface area contributed by atoms with E-state index in [-0.39, 0.29) is 40.1 Å². The summed E-state index contributed by atoms with van der Waals surface area (Å²) < 4.78 is 45.6. The van der Waals surface area contributed by atoms with Crippen LogP contribution in [0.2, 0.25) is 5.02 Å². The maximum absolute atomic E-state index is 14.4. The number of fused-ring (bicyclic) bond motifs is 1. The summed E-state index contributed by atoms with van der Waals surface area (Å²) in [5.74, 6) is -1.15. The molecule has 0 bridgehead atoms. The van der Waals surface area contributed by atoms with Gasteiger partial charge in [-0.3, -0.25) is 0 Å². The van der Waals surface area contributed by atoms with Crippen molar-refractivity contribution in [3.63, 3.8) is 0 Å². The first-order valence-corrected chi connectivity index (χ1v) is 10.1. The van der Waals surface area contributed by atoms with Gasteiger partial charge in [0.1, 0.15) is 23.7 Å². The topological polar surface area (TPSA) is 91.3 Å². The Balaban J connectivity index is 1.83. The summed E-state index contributed by atoms with van der Waals surface area (Å²) in [5.41, 5.74) is 1.06. The molecule has 2 aromatic carbocycles. The predicted molar refractivity (Wildman–Crippen MR) is 118 cm³/mol. The van der Waals surface area contributed by atoms with E-state index in [9.17, 15) is 13.6 Å². The first-order valence-electron chi connectivity index (χ1n) is 9.72. The van der Waals surface area contributed by atoms with Crippen molar-refractivity contribution in [2.24, 2.45) is 0 Å². The highest BCUT2D eigenvalue weighted by Gasteiger charge is 2.20. The van der Waals surface area contributed by atoms with Crippen LogP contribution in [0.4, 0.5) is 8.78 Å². The average molecular weight is 477 g/mol. The number of aromatic nitrogens is 4. The molecule has 0 amide bonds. The van der Waals surface area contributed by atoms with Gasteiger partial charge in [-0.25, -0.2) is 28.1 Å². The molecule has 0 radical (unpaired) electrons. The van der Waals surface area contributed by atoms with E-state index in [4.69, 9.17) is 25.8 Å². The SMILES string of the molecule is COc1cc(Cl)c(-n2c(=O)[nH]c3c(C)nc(C)nc32)cc1OCc1c(OC)ccc(F)c1F. The minimum Gasteiger partial charge on any atom is -0.496 e. The van der Waals surface area contributed by atoms with E-state index in [1.165, 1.54) is 37.0 Å². The van der Waals surface area contributed by atoms with Crippen molar-refractivity contribution < 1.29 is 23.0 Å². The minimum atomic E-state index is -1.09. The monoisotopic (exact) mass is 476 g/mol. The van der Waals surface area contributed by atoms with E-state index in [1.54, 1.807) is 13.8 Å². The van der Waals surface area contributed by atoms with Crippen molar-refractivity contribution in [1.29, 1.82) is 0 Å². The van der Waals surface area contributed by atoms with Gasteiger partial charge in [0.15, 0.2) is 28.8 Å². The van der Waals surface area contributed by atoms with E-state index < -0.39 is 17.3 Å². The molecule has 0 saturated heterocycles. The summed E-state index contributed by atoms with van der Waals surface area (Å²) in [7, 11) is 2.74. The number of aryl methyl sites for hydroxylation is 2. The van der Waals surface area contributed by atoms with Gasteiger partial charge in [0.05, 0.1) is 36.2 Å². The van der Waals surface area contributed by atoms with Crippen molar-refractivity contribution in [3.05, 3.63) is 68.5 Å². The summed E-state index contributed by atoms with van der Waals surface area (Å²) >= 11 is 6.45. The third-order valence-corrected chi connectivity index (χ3v) is 5.35. The normalized spacial score (nSPS) is 11.1. The van der Waals surface area contributed by atoms with Gasteiger partial charge in [0.25, 0.3) is 0 Å². The molecule has 172 valence electrons. The van der Waals surface area contributed by atoms with Crippen LogP contribution in [0.15, 0.2) is 29.1 Å². The van der Waals surface area contributed by atoms with Gasteiger partial charge in [0, 0.05) is 12.1 Å². The molecule has 0 fully saturated rings. The predicted octanol–water partition coefficient (Wildman–Crippen LogP) is 4.25. The standard InChI is InChI=1S/C22H19ClF2N4O4/c1-10-20-21(27-11(2)26-10)29(22(30)28-20)15-8-18(17(32-4)7-13(15)23)33-9-12-16(31-3)6-5-14(24)19(12)25/h5-8H,9H2,1-4H3,(H,28,30). The number of H-pyrrole nitrogens is 1. The van der Waals surface area contributed by atoms with E-state index in [0.717, 1.165) is 6.07 Å². The number of nitrogens with one attached hydrogen (secondary N) is 1. The average Bonchev–Trinajstić information content (AvgIpc) is 3.11. The number of aromatic amines is 1. The number of benzene rings is 2. The van der Waals surface area contributed by atoms with Crippen LogP contribution in [0.3, 0.4) is 0 Å². The third kappa shape index (κ3) is 3.97. The fourth-order valence-corrected chi connectivity index (χ4v) is 3.74. The number of rotatable bonds is 6. The van der Waals surface area contributed by atoms with Crippen LogP contribution in [-0.4, -0.2) is 33.7 Å². The van der Waals surface area contributed by atoms with Gasteiger partial charge in [-0.15, -0.1) is 0 Å². The van der Waals surface area contributed by atoms with Crippen LogP contribution in [0.5, 0.6) is 17.2 Å². The number of ether oxygens (including phenoxy) is 3. The summed E-state index contributed by atoms with van der Waals surface area (Å²) in [6.45, 7) is 3.09. The fourth-order valence-electron chi connectivity index (χ4n) is 3.50. The van der Waals surface area contributed by atoms with E-state index in [1.807, 2.05) is 0 Å². The second-order valence-corrected chi connectivity index (χ2v) is 7.51. The second kappa shape index (κ2) is 8.70. The van der Waals surface area contributed by atoms with Gasteiger partial charge >= 0.3 is 5.69 Å². The molecule has 0 saturated carbocycles. The quantitative estimate of drug-likeness (QED) is 0.447. The molecule has 0 spiro atoms. The van der Waals surface area contributed by atoms with Gasteiger partial charge in [0.2, 0.25) is 0 Å². The molecule has 0 atom stereocenters. The highest BCUT2D eigenvalue weighted by molar-refractivity contribution is 6.32. The summed E-state index contributed by atoms with van der Waals surface area (Å²) in [6, 6.07) is 5.19. The largest absolute Gasteiger partial charge is 0.496 e. The highest BCUT2D eigenvalue weighted by atomic mass is 35.5. The third-order valence-electron chi connectivity index (χ3n) is 5.05. The van der Waals surface area contributed by atoms with E-state index in [2.05, 4.69) is 15.0 Å². The molecular weight excluding hydrogens is 458 g/mol. The maximum Gasteiger partial charge on any atom is 0.332 e. The molecule has 0 aliphatic carbocycles. The van der Waals surface area contributed by atoms with Crippen molar-refractivity contribution >= 4 is 22.8 Å². The van der Waals surface area contributed by atoms with Crippen molar-refractivity contribution in [2.45, 2.75) is 20.5 Å². The Hall–Kier alpha value is -3.66. The Labute approximate surface area is 191 Å². The molecule has 4 aromatic rings. The minimum absolute atomic E-state index is 0.112. The number of hydrogen-bond donors (Lipinski definition) is 1. The van der Waals surface area contributed by atoms with E-state index >= 15 is 0 Å². The lowest BCUT2D eigenvalue weighted by Crippen LogP contribution is -2.16. The van der Waals surface area contributed by atoms with Crippen molar-refractivity contribution in [3.8, 4) is 22.9 Å². The number of imidazole rings is 1. The Morgan fingerprint density at radius 1 is 1.06 bits per heavy atom. The lowest BCUT2D eigenvalue weighted by Gasteiger charge is -2.16. The zero-order chi connectivity index (χ0) is 23.9. The Bertz CT molecular complexity index is 1430. The van der Waals surface area contributed by atoms with Gasteiger partial charge in [-0.2, -0.15) is 0 Å².